The van der Waals surface area contributed by atoms with Crippen molar-refractivity contribution in [3.63, 3.8) is 0 Å². The van der Waals surface area contributed by atoms with E-state index >= 15 is 0 Å². The Labute approximate surface area is 76.6 Å². The van der Waals surface area contributed by atoms with Crippen LogP contribution in [0, 0.1) is 13.8 Å². The van der Waals surface area contributed by atoms with E-state index in [2.05, 4.69) is 19.9 Å². The summed E-state index contributed by atoms with van der Waals surface area (Å²) in [6, 6.07) is 6.09. The summed E-state index contributed by atoms with van der Waals surface area (Å²) in [6.07, 6.45) is 0. The van der Waals surface area contributed by atoms with Crippen molar-refractivity contribution >= 4 is 0 Å². The first-order valence-corrected chi connectivity index (χ1v) is 3.92. The van der Waals surface area contributed by atoms with E-state index in [4.69, 9.17) is 2.85 Å². The first-order chi connectivity index (χ1) is 4.75. The van der Waals surface area contributed by atoms with Gasteiger partial charge in [0.25, 0.3) is 0 Å². The third kappa shape index (κ3) is 1.48. The average molecular weight is 166 g/mol. The van der Waals surface area contributed by atoms with Crippen molar-refractivity contribution in [2.24, 2.45) is 0 Å². The van der Waals surface area contributed by atoms with Crippen LogP contribution >= 0.6 is 0 Å². The van der Waals surface area contributed by atoms with Gasteiger partial charge in [0.1, 0.15) is 0 Å². The van der Waals surface area contributed by atoms with Crippen LogP contribution in [0.2, 0.25) is 0 Å². The molecule has 0 saturated carbocycles. The maximum absolute atomic E-state index is 5.19. The van der Waals surface area contributed by atoms with E-state index in [0.717, 1.165) is 5.75 Å². The Morgan fingerprint density at radius 3 is 2.50 bits per heavy atom. The molecule has 0 heterocycles. The normalized spacial score (nSPS) is 9.30. The number of benzene rings is 1. The van der Waals surface area contributed by atoms with Gasteiger partial charge in [-0.1, -0.05) is 0 Å². The first kappa shape index (κ1) is 7.99. The number of hydrogen-bond acceptors (Lipinski definition) is 1. The van der Waals surface area contributed by atoms with Crippen LogP contribution in [-0.2, 0) is 24.8 Å². The number of aryl methyl sites for hydroxylation is 1. The summed E-state index contributed by atoms with van der Waals surface area (Å²) in [5.41, 5.74) is 2.53. The Hall–Kier alpha value is -0.110. The minimum atomic E-state index is 1.00. The molecule has 0 N–H and O–H groups in total. The molecule has 0 bridgehead atoms. The SMILES string of the molecule is Cc1cccc([O][Sc])c1C. The summed E-state index contributed by atoms with van der Waals surface area (Å²) < 4.78 is 5.19. The molecule has 0 aromatic heterocycles. The molecule has 10 heavy (non-hydrogen) atoms. The second-order valence-electron chi connectivity index (χ2n) is 2.32. The Morgan fingerprint density at radius 1 is 1.30 bits per heavy atom. The van der Waals surface area contributed by atoms with Gasteiger partial charge in [-0.15, -0.1) is 0 Å². The van der Waals surface area contributed by atoms with Crippen LogP contribution < -0.4 is 2.85 Å². The summed E-state index contributed by atoms with van der Waals surface area (Å²) in [6.45, 7) is 4.16. The summed E-state index contributed by atoms with van der Waals surface area (Å²) >= 11 is 1.28. The molecule has 0 atom stereocenters. The molecule has 1 rings (SSSR count). The molecule has 50 valence electrons. The van der Waals surface area contributed by atoms with Gasteiger partial charge in [-0.05, 0) is 0 Å². The summed E-state index contributed by atoms with van der Waals surface area (Å²) in [5, 5.41) is 0. The molecule has 0 saturated heterocycles. The second kappa shape index (κ2) is 3.33. The van der Waals surface area contributed by atoms with E-state index in [1.165, 1.54) is 35.9 Å². The second-order valence-corrected chi connectivity index (χ2v) is 2.68. The first-order valence-electron chi connectivity index (χ1n) is 3.18. The fourth-order valence-electron chi connectivity index (χ4n) is 0.852. The molecular weight excluding hydrogens is 157 g/mol. The zero-order valence-electron chi connectivity index (χ0n) is 6.22. The Kier molecular flexibility index (Phi) is 2.66. The van der Waals surface area contributed by atoms with Gasteiger partial charge in [-0.2, -0.15) is 0 Å². The molecule has 1 aromatic rings. The van der Waals surface area contributed by atoms with E-state index in [0.29, 0.717) is 0 Å². The standard InChI is InChI=1S/C8H10O.Sc/c1-6-4-3-5-8(9)7(6)2;/h3-5,9H,1-2H3;/q;+1/p-1. The molecule has 1 aromatic carbocycles. The molecule has 0 spiro atoms. The van der Waals surface area contributed by atoms with Crippen molar-refractivity contribution < 1.29 is 27.7 Å². The molecule has 2 heteroatoms. The Morgan fingerprint density at radius 2 is 2.00 bits per heavy atom. The molecule has 0 amide bonds. The monoisotopic (exact) mass is 166 g/mol. The fraction of sp³-hybridized carbons (Fsp3) is 0.250. The maximum atomic E-state index is 5.19. The van der Waals surface area contributed by atoms with Crippen LogP contribution in [0.15, 0.2) is 18.2 Å². The van der Waals surface area contributed by atoms with Gasteiger partial charge < -0.3 is 0 Å². The Bertz CT molecular complexity index is 233. The van der Waals surface area contributed by atoms with Gasteiger partial charge in [0.05, 0.1) is 0 Å². The molecule has 0 unspecified atom stereocenters. The van der Waals surface area contributed by atoms with Gasteiger partial charge in [0.15, 0.2) is 0 Å². The Balaban J connectivity index is 3.14. The fourth-order valence-corrected chi connectivity index (χ4v) is 1.25. The predicted octanol–water partition coefficient (Wildman–Crippen LogP) is 2.14. The van der Waals surface area contributed by atoms with Crippen molar-refractivity contribution in [1.82, 2.24) is 0 Å². The third-order valence-electron chi connectivity index (χ3n) is 1.68. The summed E-state index contributed by atoms with van der Waals surface area (Å²) in [5.74, 6) is 1.00. The van der Waals surface area contributed by atoms with Crippen LogP contribution in [-0.4, -0.2) is 0 Å². The molecule has 0 fully saturated rings. The molecule has 0 aliphatic heterocycles. The third-order valence-corrected chi connectivity index (χ3v) is 2.08. The van der Waals surface area contributed by atoms with E-state index in [1.54, 1.807) is 0 Å². The van der Waals surface area contributed by atoms with Gasteiger partial charge in [-0.3, -0.25) is 0 Å². The van der Waals surface area contributed by atoms with Crippen LogP contribution in [0.3, 0.4) is 0 Å². The molecular formula is C8H9OSc. The molecule has 1 nitrogen and oxygen atoms in total. The van der Waals surface area contributed by atoms with E-state index in [-0.39, 0.29) is 0 Å². The van der Waals surface area contributed by atoms with E-state index in [9.17, 15) is 0 Å². The quantitative estimate of drug-likeness (QED) is 0.621. The van der Waals surface area contributed by atoms with Crippen molar-refractivity contribution in [2.45, 2.75) is 13.8 Å². The minimum absolute atomic E-state index is 1.00. The van der Waals surface area contributed by atoms with E-state index in [1.807, 2.05) is 12.1 Å². The van der Waals surface area contributed by atoms with Crippen LogP contribution in [0.25, 0.3) is 0 Å². The van der Waals surface area contributed by atoms with Gasteiger partial charge >= 0.3 is 76.6 Å². The van der Waals surface area contributed by atoms with Crippen molar-refractivity contribution in [3.8, 4) is 5.75 Å². The summed E-state index contributed by atoms with van der Waals surface area (Å²) in [4.78, 5) is 0. The summed E-state index contributed by atoms with van der Waals surface area (Å²) in [7, 11) is 0. The molecule has 0 aliphatic carbocycles. The van der Waals surface area contributed by atoms with Crippen LogP contribution in [0.4, 0.5) is 0 Å². The van der Waals surface area contributed by atoms with Gasteiger partial charge in [0.2, 0.25) is 0 Å². The van der Waals surface area contributed by atoms with E-state index < -0.39 is 0 Å². The number of hydrogen-bond donors (Lipinski definition) is 0. The molecule has 0 radical (unpaired) electrons. The zero-order valence-corrected chi connectivity index (χ0v) is 8.02. The van der Waals surface area contributed by atoms with Crippen LogP contribution in [0.5, 0.6) is 5.75 Å². The number of rotatable bonds is 1. The van der Waals surface area contributed by atoms with Crippen molar-refractivity contribution in [2.75, 3.05) is 0 Å². The molecule has 0 aliphatic rings. The predicted molar refractivity (Wildman–Crippen MR) is 36.5 cm³/mol. The zero-order chi connectivity index (χ0) is 7.56. The van der Waals surface area contributed by atoms with Crippen molar-refractivity contribution in [1.29, 1.82) is 0 Å². The van der Waals surface area contributed by atoms with Gasteiger partial charge in [0, 0.05) is 0 Å². The van der Waals surface area contributed by atoms with Crippen LogP contribution in [0.1, 0.15) is 11.1 Å². The van der Waals surface area contributed by atoms with Crippen molar-refractivity contribution in [3.05, 3.63) is 29.3 Å². The average Bonchev–Trinajstić information content (AvgIpc) is 1.95. The topological polar surface area (TPSA) is 9.23 Å². The van der Waals surface area contributed by atoms with Gasteiger partial charge in [-0.25, -0.2) is 0 Å².